The van der Waals surface area contributed by atoms with E-state index < -0.39 is 97.5 Å². The molecule has 0 heterocycles. The van der Waals surface area contributed by atoms with Gasteiger partial charge in [0.2, 0.25) is 0 Å². The molecule has 0 fully saturated rings. The fraction of sp³-hybridized carbons (Fsp3) is 0.932. The molecule has 0 aliphatic rings. The van der Waals surface area contributed by atoms with Crippen LogP contribution in [0.4, 0.5) is 0 Å². The summed E-state index contributed by atoms with van der Waals surface area (Å²) in [4.78, 5) is 71.9. The van der Waals surface area contributed by atoms with Gasteiger partial charge in [-0.1, -0.05) is 222 Å². The number of unbranched alkanes of at least 4 members (excludes halogenated alkanes) is 21. The van der Waals surface area contributed by atoms with Gasteiger partial charge >= 0.3 is 39.5 Å². The highest BCUT2D eigenvalue weighted by atomic mass is 31.2. The summed E-state index contributed by atoms with van der Waals surface area (Å²) in [6, 6.07) is 0. The van der Waals surface area contributed by atoms with E-state index >= 15 is 0 Å². The fourth-order valence-corrected chi connectivity index (χ4v) is 10.1. The van der Waals surface area contributed by atoms with E-state index in [9.17, 15) is 43.2 Å². The molecule has 0 saturated heterocycles. The number of ether oxygens (including phenoxy) is 4. The Hall–Kier alpha value is -1.94. The predicted octanol–water partition coefficient (Wildman–Crippen LogP) is 15.4. The molecule has 0 radical (unpaired) electrons. The van der Waals surface area contributed by atoms with Crippen LogP contribution in [0.1, 0.15) is 274 Å². The second-order valence-electron chi connectivity index (χ2n) is 23.1. The Balaban J connectivity index is 5.25. The van der Waals surface area contributed by atoms with Crippen LogP contribution in [0.15, 0.2) is 0 Å². The molecule has 0 amide bonds. The summed E-state index contributed by atoms with van der Waals surface area (Å²) in [5.41, 5.74) is 0. The molecule has 0 aromatic rings. The van der Waals surface area contributed by atoms with Gasteiger partial charge in [0.05, 0.1) is 26.4 Å². The van der Waals surface area contributed by atoms with E-state index in [1.54, 1.807) is 0 Å². The highest BCUT2D eigenvalue weighted by molar-refractivity contribution is 7.47. The summed E-state index contributed by atoms with van der Waals surface area (Å²) in [5, 5.41) is 10.5. The fourth-order valence-electron chi connectivity index (χ4n) is 8.51. The van der Waals surface area contributed by atoms with Crippen molar-refractivity contribution in [1.82, 2.24) is 0 Å². The second kappa shape index (κ2) is 49.7. The number of rotatable bonds is 56. The Bertz CT molecular complexity index is 1580. The lowest BCUT2D eigenvalue weighted by molar-refractivity contribution is -0.161. The number of hydrogen-bond donors (Lipinski definition) is 3. The lowest BCUT2D eigenvalue weighted by Crippen LogP contribution is -2.30. The predicted molar refractivity (Wildman–Crippen MR) is 307 cm³/mol. The van der Waals surface area contributed by atoms with Gasteiger partial charge in [-0.05, 0) is 49.4 Å². The van der Waals surface area contributed by atoms with Gasteiger partial charge in [0.25, 0.3) is 0 Å². The number of esters is 4. The third kappa shape index (κ3) is 52.2. The van der Waals surface area contributed by atoms with Crippen LogP contribution in [-0.2, 0) is 65.4 Å². The van der Waals surface area contributed by atoms with E-state index in [0.29, 0.717) is 43.4 Å². The van der Waals surface area contributed by atoms with Gasteiger partial charge in [-0.25, -0.2) is 9.13 Å². The second-order valence-corrected chi connectivity index (χ2v) is 26.0. The summed E-state index contributed by atoms with van der Waals surface area (Å²) in [6.45, 7) is 13.8. The molecule has 0 saturated carbocycles. The Labute approximate surface area is 473 Å². The van der Waals surface area contributed by atoms with E-state index in [1.807, 2.05) is 0 Å². The Morgan fingerprint density at radius 1 is 0.359 bits per heavy atom. The maximum Gasteiger partial charge on any atom is 0.472 e. The number of hydrogen-bond acceptors (Lipinski definition) is 15. The molecule has 0 aromatic carbocycles. The zero-order valence-corrected chi connectivity index (χ0v) is 52.1. The zero-order valence-electron chi connectivity index (χ0n) is 50.3. The van der Waals surface area contributed by atoms with Gasteiger partial charge in [-0.15, -0.1) is 0 Å². The highest BCUT2D eigenvalue weighted by Crippen LogP contribution is 2.45. The van der Waals surface area contributed by atoms with Crippen LogP contribution < -0.4 is 0 Å². The summed E-state index contributed by atoms with van der Waals surface area (Å²) in [5.74, 6) is 0.620. The van der Waals surface area contributed by atoms with Crippen molar-refractivity contribution in [1.29, 1.82) is 0 Å². The van der Waals surface area contributed by atoms with Crippen molar-refractivity contribution in [3.63, 3.8) is 0 Å². The van der Waals surface area contributed by atoms with Crippen LogP contribution in [0.2, 0.25) is 0 Å². The molecule has 4 unspecified atom stereocenters. The third-order valence-electron chi connectivity index (χ3n) is 13.7. The Morgan fingerprint density at radius 2 is 0.615 bits per heavy atom. The first kappa shape index (κ1) is 76.1. The van der Waals surface area contributed by atoms with Gasteiger partial charge in [0.15, 0.2) is 12.2 Å². The number of aliphatic hydroxyl groups is 1. The van der Waals surface area contributed by atoms with Crippen molar-refractivity contribution < 1.29 is 80.2 Å². The first-order valence-corrected chi connectivity index (χ1v) is 33.7. The minimum atomic E-state index is -4.94. The van der Waals surface area contributed by atoms with E-state index in [0.717, 1.165) is 109 Å². The Morgan fingerprint density at radius 3 is 0.910 bits per heavy atom. The van der Waals surface area contributed by atoms with Gasteiger partial charge in [0.1, 0.15) is 19.3 Å². The first-order chi connectivity index (χ1) is 37.1. The number of aliphatic hydroxyl groups excluding tert-OH is 1. The minimum Gasteiger partial charge on any atom is -0.462 e. The molecule has 17 nitrogen and oxygen atoms in total. The lowest BCUT2D eigenvalue weighted by Gasteiger charge is -2.21. The SMILES string of the molecule is CCC(C)CCCCCCCCC(=O)O[C@H](COC(=O)CCCCCCCCCC(C)C)COP(=O)(O)OCC(O)COP(=O)(O)OC[C@@H](COC(=O)CCCCCCCCC(C)C)OC(=O)CCCCCCCCC(C)C. The standard InChI is InChI=1S/C59H114O17P2/c1-9-52(8)38-30-22-15-18-26-34-42-59(64)76-54(45-69-56(61)39-31-23-12-10-11-19-27-35-49(2)3)47-73-77(65,66)71-43-53(60)44-72-78(67,68)74-48-55(75-58(63)41-33-25-17-14-21-29-37-51(6)7)46-70-57(62)40-32-24-16-13-20-28-36-50(4)5/h49-55,60H,9-48H2,1-8H3,(H,65,66)(H,67,68)/t52?,53?,54-,55-/m1/s1. The smallest absolute Gasteiger partial charge is 0.462 e. The maximum absolute atomic E-state index is 12.9. The van der Waals surface area contributed by atoms with Crippen molar-refractivity contribution in [2.45, 2.75) is 292 Å². The molecule has 19 heteroatoms. The Kier molecular flexibility index (Phi) is 48.4. The van der Waals surface area contributed by atoms with E-state index in [1.165, 1.54) is 64.2 Å². The van der Waals surface area contributed by atoms with Crippen molar-refractivity contribution in [2.24, 2.45) is 23.7 Å². The molecule has 0 aliphatic carbocycles. The number of carbonyl (C=O) groups is 4. The average molecular weight is 1160 g/mol. The summed E-state index contributed by atoms with van der Waals surface area (Å²) >= 11 is 0. The van der Waals surface area contributed by atoms with Crippen molar-refractivity contribution >= 4 is 39.5 Å². The molecule has 0 bridgehead atoms. The van der Waals surface area contributed by atoms with Gasteiger partial charge < -0.3 is 33.8 Å². The molecule has 0 spiro atoms. The lowest BCUT2D eigenvalue weighted by atomic mass is 10.00. The normalized spacial score (nSPS) is 14.9. The molecular formula is C59H114O17P2. The molecule has 0 aliphatic heterocycles. The van der Waals surface area contributed by atoms with Crippen LogP contribution in [0.3, 0.4) is 0 Å². The number of carbonyl (C=O) groups excluding carboxylic acids is 4. The number of phosphoric ester groups is 2. The molecule has 6 atom stereocenters. The van der Waals surface area contributed by atoms with Crippen LogP contribution in [0.5, 0.6) is 0 Å². The molecule has 462 valence electrons. The average Bonchev–Trinajstić information content (AvgIpc) is 3.38. The van der Waals surface area contributed by atoms with Crippen molar-refractivity contribution in [3.8, 4) is 0 Å². The van der Waals surface area contributed by atoms with E-state index in [2.05, 4.69) is 55.4 Å². The van der Waals surface area contributed by atoms with Crippen molar-refractivity contribution in [2.75, 3.05) is 39.6 Å². The molecule has 0 aromatic heterocycles. The maximum atomic E-state index is 12.9. The van der Waals surface area contributed by atoms with Crippen LogP contribution in [0, 0.1) is 23.7 Å². The molecule has 3 N–H and O–H groups in total. The zero-order chi connectivity index (χ0) is 58.3. The largest absolute Gasteiger partial charge is 0.472 e. The van der Waals surface area contributed by atoms with Crippen LogP contribution in [0.25, 0.3) is 0 Å². The first-order valence-electron chi connectivity index (χ1n) is 30.7. The van der Waals surface area contributed by atoms with Crippen molar-refractivity contribution in [3.05, 3.63) is 0 Å². The van der Waals surface area contributed by atoms with Crippen LogP contribution in [-0.4, -0.2) is 96.7 Å². The monoisotopic (exact) mass is 1160 g/mol. The minimum absolute atomic E-state index is 0.100. The van der Waals surface area contributed by atoms with Crippen LogP contribution >= 0.6 is 15.6 Å². The number of phosphoric acid groups is 2. The molecule has 78 heavy (non-hydrogen) atoms. The summed E-state index contributed by atoms with van der Waals surface area (Å²) < 4.78 is 67.7. The summed E-state index contributed by atoms with van der Waals surface area (Å²) in [7, 11) is -9.88. The van der Waals surface area contributed by atoms with E-state index in [-0.39, 0.29) is 25.7 Å². The topological polar surface area (TPSA) is 237 Å². The molecule has 0 rings (SSSR count). The van der Waals surface area contributed by atoms with Gasteiger partial charge in [0, 0.05) is 25.7 Å². The van der Waals surface area contributed by atoms with Gasteiger partial charge in [-0.3, -0.25) is 37.3 Å². The third-order valence-corrected chi connectivity index (χ3v) is 15.6. The molecular weight excluding hydrogens is 1040 g/mol. The highest BCUT2D eigenvalue weighted by Gasteiger charge is 2.30. The summed E-state index contributed by atoms with van der Waals surface area (Å²) in [6.07, 6.45) is 27.1. The quantitative estimate of drug-likeness (QED) is 0.0222. The van der Waals surface area contributed by atoms with E-state index in [4.69, 9.17) is 37.0 Å². The van der Waals surface area contributed by atoms with Gasteiger partial charge in [-0.2, -0.15) is 0 Å².